The van der Waals surface area contributed by atoms with E-state index in [9.17, 15) is 18.3 Å². The number of nitrogens with zero attached hydrogens (tertiary/aromatic N) is 3. The third-order valence-electron chi connectivity index (χ3n) is 4.34. The number of hydrogen-bond acceptors (Lipinski definition) is 4. The average molecular weight is 340 g/mol. The summed E-state index contributed by atoms with van der Waals surface area (Å²) in [7, 11) is 0. The lowest BCUT2D eigenvalue weighted by Crippen LogP contribution is -2.33. The van der Waals surface area contributed by atoms with Crippen LogP contribution in [0.4, 0.5) is 13.2 Å². The van der Waals surface area contributed by atoms with Crippen LogP contribution in [-0.2, 0) is 12.7 Å². The van der Waals surface area contributed by atoms with E-state index >= 15 is 0 Å². The monoisotopic (exact) mass is 340 g/mol. The molecule has 0 bridgehead atoms. The molecule has 1 saturated heterocycles. The summed E-state index contributed by atoms with van der Waals surface area (Å²) in [4.78, 5) is 12.8. The highest BCUT2D eigenvalue weighted by Crippen LogP contribution is 2.32. The van der Waals surface area contributed by atoms with Gasteiger partial charge in [-0.25, -0.2) is 4.98 Å². The van der Waals surface area contributed by atoms with E-state index in [0.29, 0.717) is 18.1 Å². The molecule has 3 heterocycles. The van der Waals surface area contributed by atoms with E-state index < -0.39 is 11.9 Å². The number of piperidine rings is 1. The zero-order chi connectivity index (χ0) is 17.3. The van der Waals surface area contributed by atoms with Crippen molar-refractivity contribution in [1.29, 1.82) is 0 Å². The normalized spacial score (nSPS) is 17.3. The van der Waals surface area contributed by atoms with Gasteiger partial charge < -0.3 is 10.1 Å². The molecule has 24 heavy (non-hydrogen) atoms. The van der Waals surface area contributed by atoms with Crippen LogP contribution in [0.5, 0.6) is 5.75 Å². The van der Waals surface area contributed by atoms with Gasteiger partial charge in [-0.2, -0.15) is 13.2 Å². The molecule has 0 aromatic carbocycles. The van der Waals surface area contributed by atoms with Crippen molar-refractivity contribution >= 4 is 0 Å². The highest BCUT2D eigenvalue weighted by atomic mass is 19.4. The minimum atomic E-state index is -4.39. The Hall–Kier alpha value is -2.09. The standard InChI is InChI=1S/C16H19F3N4O/c1-10-2-3-13(24)12(21-10)9-23-6-4-11(5-7-23)15-20-8-14(22-15)16(17,18)19/h2-3,8,11,24H,4-7,9H2,1H3,(H,20,22). The highest BCUT2D eigenvalue weighted by molar-refractivity contribution is 5.27. The van der Waals surface area contributed by atoms with Crippen molar-refractivity contribution < 1.29 is 18.3 Å². The molecule has 2 aromatic rings. The summed E-state index contributed by atoms with van der Waals surface area (Å²) in [6, 6.07) is 3.38. The summed E-state index contributed by atoms with van der Waals surface area (Å²) < 4.78 is 37.9. The van der Waals surface area contributed by atoms with Crippen LogP contribution in [0, 0.1) is 6.92 Å². The van der Waals surface area contributed by atoms with Crippen molar-refractivity contribution in [3.63, 3.8) is 0 Å². The van der Waals surface area contributed by atoms with Crippen molar-refractivity contribution in [2.24, 2.45) is 0 Å². The van der Waals surface area contributed by atoms with E-state index in [4.69, 9.17) is 0 Å². The quantitative estimate of drug-likeness (QED) is 0.900. The first-order valence-electron chi connectivity index (χ1n) is 7.83. The minimum Gasteiger partial charge on any atom is -0.506 e. The second-order valence-corrected chi connectivity index (χ2v) is 6.15. The lowest BCUT2D eigenvalue weighted by molar-refractivity contribution is -0.141. The Morgan fingerprint density at radius 2 is 2.00 bits per heavy atom. The second-order valence-electron chi connectivity index (χ2n) is 6.15. The van der Waals surface area contributed by atoms with E-state index in [-0.39, 0.29) is 11.7 Å². The molecular formula is C16H19F3N4O. The molecular weight excluding hydrogens is 321 g/mol. The molecule has 130 valence electrons. The third kappa shape index (κ3) is 3.69. The van der Waals surface area contributed by atoms with Gasteiger partial charge in [0.25, 0.3) is 0 Å². The maximum atomic E-state index is 12.6. The van der Waals surface area contributed by atoms with Crippen LogP contribution in [0.25, 0.3) is 0 Å². The number of hydrogen-bond donors (Lipinski definition) is 2. The van der Waals surface area contributed by atoms with Gasteiger partial charge in [-0.05, 0) is 45.0 Å². The number of nitrogens with one attached hydrogen (secondary N) is 1. The molecule has 0 radical (unpaired) electrons. The van der Waals surface area contributed by atoms with Gasteiger partial charge in [0, 0.05) is 18.2 Å². The van der Waals surface area contributed by atoms with Gasteiger partial charge in [0.15, 0.2) is 0 Å². The SMILES string of the molecule is Cc1ccc(O)c(CN2CCC(c3ncc(C(F)(F)F)[nH]3)CC2)n1. The van der Waals surface area contributed by atoms with Crippen molar-refractivity contribution in [3.05, 3.63) is 41.2 Å². The molecule has 0 unspecified atom stereocenters. The van der Waals surface area contributed by atoms with Crippen LogP contribution in [0.2, 0.25) is 0 Å². The molecule has 0 atom stereocenters. The number of H-pyrrole nitrogens is 1. The minimum absolute atomic E-state index is 0.00332. The van der Waals surface area contributed by atoms with Crippen molar-refractivity contribution in [2.75, 3.05) is 13.1 Å². The fraction of sp³-hybridized carbons (Fsp3) is 0.500. The molecule has 1 fully saturated rings. The fourth-order valence-electron chi connectivity index (χ4n) is 2.98. The Morgan fingerprint density at radius 1 is 1.29 bits per heavy atom. The molecule has 0 amide bonds. The van der Waals surface area contributed by atoms with Gasteiger partial charge in [-0.15, -0.1) is 0 Å². The first-order chi connectivity index (χ1) is 11.3. The zero-order valence-electron chi connectivity index (χ0n) is 13.3. The van der Waals surface area contributed by atoms with E-state index in [1.165, 1.54) is 0 Å². The summed E-state index contributed by atoms with van der Waals surface area (Å²) in [6.45, 7) is 3.85. The summed E-state index contributed by atoms with van der Waals surface area (Å²) in [6.07, 6.45) is -2.09. The number of likely N-dealkylation sites (tertiary alicyclic amines) is 1. The first-order valence-corrected chi connectivity index (χ1v) is 7.83. The maximum absolute atomic E-state index is 12.6. The highest BCUT2D eigenvalue weighted by Gasteiger charge is 2.34. The first kappa shape index (κ1) is 16.8. The predicted molar refractivity (Wildman–Crippen MR) is 81.5 cm³/mol. The number of aromatic amines is 1. The Labute approximate surface area is 137 Å². The van der Waals surface area contributed by atoms with Crippen LogP contribution in [0.1, 0.15) is 41.7 Å². The Balaban J connectivity index is 1.60. The number of aromatic hydroxyl groups is 1. The van der Waals surface area contributed by atoms with Gasteiger partial charge in [-0.1, -0.05) is 0 Å². The predicted octanol–water partition coefficient (Wildman–Crippen LogP) is 3.22. The summed E-state index contributed by atoms with van der Waals surface area (Å²) in [5.41, 5.74) is 0.674. The van der Waals surface area contributed by atoms with Crippen LogP contribution < -0.4 is 0 Å². The number of alkyl halides is 3. The zero-order valence-corrected chi connectivity index (χ0v) is 13.3. The molecule has 2 aromatic heterocycles. The van der Waals surface area contributed by atoms with E-state index in [1.54, 1.807) is 12.1 Å². The summed E-state index contributed by atoms with van der Waals surface area (Å²) in [5.74, 6) is 0.568. The van der Waals surface area contributed by atoms with Crippen molar-refractivity contribution in [3.8, 4) is 5.75 Å². The Morgan fingerprint density at radius 3 is 2.62 bits per heavy atom. The van der Waals surface area contributed by atoms with Crippen LogP contribution >= 0.6 is 0 Å². The molecule has 0 aliphatic carbocycles. The van der Waals surface area contributed by atoms with E-state index in [2.05, 4.69) is 19.9 Å². The lowest BCUT2D eigenvalue weighted by atomic mass is 9.96. The van der Waals surface area contributed by atoms with Crippen molar-refractivity contribution in [2.45, 2.75) is 38.4 Å². The van der Waals surface area contributed by atoms with Gasteiger partial charge >= 0.3 is 6.18 Å². The van der Waals surface area contributed by atoms with Crippen LogP contribution in [-0.4, -0.2) is 38.0 Å². The number of rotatable bonds is 3. The fourth-order valence-corrected chi connectivity index (χ4v) is 2.98. The van der Waals surface area contributed by atoms with Crippen LogP contribution in [0.15, 0.2) is 18.3 Å². The molecule has 8 heteroatoms. The molecule has 1 aliphatic heterocycles. The van der Waals surface area contributed by atoms with Gasteiger partial charge in [0.05, 0.1) is 11.9 Å². The molecule has 2 N–H and O–H groups in total. The van der Waals surface area contributed by atoms with E-state index in [0.717, 1.165) is 37.8 Å². The largest absolute Gasteiger partial charge is 0.506 e. The molecule has 3 rings (SSSR count). The second kappa shape index (κ2) is 6.43. The lowest BCUT2D eigenvalue weighted by Gasteiger charge is -2.31. The molecule has 0 spiro atoms. The topological polar surface area (TPSA) is 65.0 Å². The molecule has 0 saturated carbocycles. The summed E-state index contributed by atoms with van der Waals surface area (Å²) >= 11 is 0. The molecule has 1 aliphatic rings. The van der Waals surface area contributed by atoms with Gasteiger partial charge in [0.2, 0.25) is 0 Å². The smallest absolute Gasteiger partial charge is 0.432 e. The number of halogens is 3. The number of imidazole rings is 1. The Bertz CT molecular complexity index is 706. The van der Waals surface area contributed by atoms with Crippen molar-refractivity contribution in [1.82, 2.24) is 19.9 Å². The van der Waals surface area contributed by atoms with Crippen LogP contribution in [0.3, 0.4) is 0 Å². The third-order valence-corrected chi connectivity index (χ3v) is 4.34. The maximum Gasteiger partial charge on any atom is 0.432 e. The molecule has 5 nitrogen and oxygen atoms in total. The Kier molecular flexibility index (Phi) is 4.49. The average Bonchev–Trinajstić information content (AvgIpc) is 3.02. The number of aromatic nitrogens is 3. The van der Waals surface area contributed by atoms with Gasteiger partial charge in [-0.3, -0.25) is 9.88 Å². The van der Waals surface area contributed by atoms with E-state index in [1.807, 2.05) is 6.92 Å². The number of aryl methyl sites for hydroxylation is 1. The summed E-state index contributed by atoms with van der Waals surface area (Å²) in [5, 5.41) is 9.86. The number of pyridine rings is 1. The van der Waals surface area contributed by atoms with Gasteiger partial charge in [0.1, 0.15) is 17.3 Å².